The van der Waals surface area contributed by atoms with Crippen molar-refractivity contribution >= 4 is 16.7 Å². The molecule has 0 fully saturated rings. The Morgan fingerprint density at radius 3 is 2.22 bits per heavy atom. The first kappa shape index (κ1) is 23.5. The van der Waals surface area contributed by atoms with Gasteiger partial charge in [-0.3, -0.25) is 4.79 Å². The molecule has 0 saturated carbocycles. The molecule has 0 N–H and O–H groups in total. The standard InChI is InChI=1S/C30H29NO5/c1-33-24-10-12-25(13-11-24)36-19-27-26-18-29(35-3)28(34-2)17-22(26)14-15-31(27)30(32)23-9-8-20-6-4-5-7-21(20)16-23/h4-13,16-18,27H,14-15,19H2,1-3H3. The number of rotatable bonds is 7. The van der Waals surface area contributed by atoms with Gasteiger partial charge in [-0.1, -0.05) is 30.3 Å². The highest BCUT2D eigenvalue weighted by Crippen LogP contribution is 2.39. The predicted molar refractivity (Wildman–Crippen MR) is 139 cm³/mol. The Labute approximate surface area is 211 Å². The summed E-state index contributed by atoms with van der Waals surface area (Å²) in [7, 11) is 4.88. The third-order valence-electron chi connectivity index (χ3n) is 6.73. The number of hydrogen-bond donors (Lipinski definition) is 0. The summed E-state index contributed by atoms with van der Waals surface area (Å²) >= 11 is 0. The molecule has 1 aliphatic heterocycles. The quantitative estimate of drug-likeness (QED) is 0.338. The molecular formula is C30H29NO5. The molecule has 4 aromatic carbocycles. The zero-order valence-corrected chi connectivity index (χ0v) is 20.7. The van der Waals surface area contributed by atoms with Crippen molar-refractivity contribution in [1.29, 1.82) is 0 Å². The van der Waals surface area contributed by atoms with Crippen LogP contribution >= 0.6 is 0 Å². The van der Waals surface area contributed by atoms with Gasteiger partial charge >= 0.3 is 0 Å². The van der Waals surface area contributed by atoms with Crippen molar-refractivity contribution in [2.75, 3.05) is 34.5 Å². The van der Waals surface area contributed by atoms with E-state index in [4.69, 9.17) is 18.9 Å². The molecule has 1 amide bonds. The minimum Gasteiger partial charge on any atom is -0.497 e. The molecule has 1 aliphatic rings. The van der Waals surface area contributed by atoms with Crippen molar-refractivity contribution in [3.05, 3.63) is 95.6 Å². The maximum atomic E-state index is 13.8. The summed E-state index contributed by atoms with van der Waals surface area (Å²) in [5.41, 5.74) is 2.78. The molecule has 0 radical (unpaired) electrons. The summed E-state index contributed by atoms with van der Waals surface area (Å²) in [4.78, 5) is 15.7. The first-order valence-corrected chi connectivity index (χ1v) is 11.9. The van der Waals surface area contributed by atoms with Crippen LogP contribution in [0.25, 0.3) is 10.8 Å². The molecule has 1 heterocycles. The fraction of sp³-hybridized carbons (Fsp3) is 0.233. The number of benzene rings is 4. The summed E-state index contributed by atoms with van der Waals surface area (Å²) in [6, 6.07) is 25.0. The Balaban J connectivity index is 1.50. The highest BCUT2D eigenvalue weighted by Gasteiger charge is 2.33. The number of carbonyl (C=O) groups excluding carboxylic acids is 1. The van der Waals surface area contributed by atoms with E-state index in [-0.39, 0.29) is 11.9 Å². The van der Waals surface area contributed by atoms with Crippen molar-refractivity contribution in [1.82, 2.24) is 4.90 Å². The van der Waals surface area contributed by atoms with Gasteiger partial charge in [0.25, 0.3) is 5.91 Å². The number of hydrogen-bond acceptors (Lipinski definition) is 5. The highest BCUT2D eigenvalue weighted by atomic mass is 16.5. The molecule has 6 heteroatoms. The topological polar surface area (TPSA) is 57.2 Å². The van der Waals surface area contributed by atoms with E-state index < -0.39 is 0 Å². The fourth-order valence-electron chi connectivity index (χ4n) is 4.79. The van der Waals surface area contributed by atoms with Crippen LogP contribution in [0.15, 0.2) is 78.9 Å². The number of carbonyl (C=O) groups is 1. The minimum absolute atomic E-state index is 0.0236. The lowest BCUT2D eigenvalue weighted by molar-refractivity contribution is 0.0589. The van der Waals surface area contributed by atoms with Crippen molar-refractivity contribution in [3.8, 4) is 23.0 Å². The van der Waals surface area contributed by atoms with Gasteiger partial charge in [0.1, 0.15) is 18.1 Å². The number of amides is 1. The van der Waals surface area contributed by atoms with Crippen molar-refractivity contribution in [2.45, 2.75) is 12.5 Å². The summed E-state index contributed by atoms with van der Waals surface area (Å²) in [5.74, 6) is 2.76. The molecular weight excluding hydrogens is 454 g/mol. The van der Waals surface area contributed by atoms with E-state index in [1.807, 2.05) is 83.8 Å². The lowest BCUT2D eigenvalue weighted by Crippen LogP contribution is -2.42. The van der Waals surface area contributed by atoms with Crippen LogP contribution in [0, 0.1) is 0 Å². The largest absolute Gasteiger partial charge is 0.497 e. The Kier molecular flexibility index (Phi) is 6.67. The van der Waals surface area contributed by atoms with Gasteiger partial charge in [0.2, 0.25) is 0 Å². The zero-order valence-electron chi connectivity index (χ0n) is 20.7. The van der Waals surface area contributed by atoms with Crippen LogP contribution in [0.4, 0.5) is 0 Å². The van der Waals surface area contributed by atoms with E-state index in [1.165, 1.54) is 0 Å². The van der Waals surface area contributed by atoms with Crippen LogP contribution in [-0.2, 0) is 6.42 Å². The van der Waals surface area contributed by atoms with Crippen LogP contribution in [0.3, 0.4) is 0 Å². The molecule has 0 aromatic heterocycles. The molecule has 1 atom stereocenters. The van der Waals surface area contributed by atoms with Crippen LogP contribution in [0.1, 0.15) is 27.5 Å². The van der Waals surface area contributed by atoms with E-state index in [1.54, 1.807) is 21.3 Å². The number of nitrogens with zero attached hydrogens (tertiary/aromatic N) is 1. The Morgan fingerprint density at radius 1 is 0.806 bits per heavy atom. The van der Waals surface area contributed by atoms with Gasteiger partial charge in [-0.05, 0) is 76.9 Å². The van der Waals surface area contributed by atoms with Crippen LogP contribution in [0.5, 0.6) is 23.0 Å². The fourth-order valence-corrected chi connectivity index (χ4v) is 4.79. The van der Waals surface area contributed by atoms with Crippen LogP contribution < -0.4 is 18.9 Å². The van der Waals surface area contributed by atoms with E-state index in [0.29, 0.717) is 42.4 Å². The van der Waals surface area contributed by atoms with E-state index in [0.717, 1.165) is 27.6 Å². The van der Waals surface area contributed by atoms with Gasteiger partial charge in [-0.15, -0.1) is 0 Å². The Bertz CT molecular complexity index is 1380. The maximum Gasteiger partial charge on any atom is 0.254 e. The van der Waals surface area contributed by atoms with E-state index in [9.17, 15) is 4.79 Å². The average Bonchev–Trinajstić information content (AvgIpc) is 2.94. The molecule has 0 spiro atoms. The van der Waals surface area contributed by atoms with Gasteiger partial charge in [0.15, 0.2) is 11.5 Å². The Morgan fingerprint density at radius 2 is 1.50 bits per heavy atom. The molecule has 1 unspecified atom stereocenters. The van der Waals surface area contributed by atoms with Gasteiger partial charge < -0.3 is 23.8 Å². The molecule has 6 nitrogen and oxygen atoms in total. The van der Waals surface area contributed by atoms with Gasteiger partial charge in [-0.2, -0.15) is 0 Å². The van der Waals surface area contributed by atoms with Gasteiger partial charge in [-0.25, -0.2) is 0 Å². The summed E-state index contributed by atoms with van der Waals surface area (Å²) in [6.07, 6.45) is 0.716. The Hall–Kier alpha value is -4.19. The molecule has 184 valence electrons. The smallest absolute Gasteiger partial charge is 0.254 e. The molecule has 0 saturated heterocycles. The van der Waals surface area contributed by atoms with Gasteiger partial charge in [0.05, 0.1) is 27.4 Å². The lowest BCUT2D eigenvalue weighted by atomic mass is 9.91. The average molecular weight is 484 g/mol. The summed E-state index contributed by atoms with van der Waals surface area (Å²) in [5, 5.41) is 2.15. The molecule has 0 aliphatic carbocycles. The maximum absolute atomic E-state index is 13.8. The second-order valence-electron chi connectivity index (χ2n) is 8.72. The van der Waals surface area contributed by atoms with Crippen molar-refractivity contribution < 1.29 is 23.7 Å². The lowest BCUT2D eigenvalue weighted by Gasteiger charge is -2.37. The SMILES string of the molecule is COc1ccc(OCC2c3cc(OC)c(OC)cc3CCN2C(=O)c2ccc3ccccc3c2)cc1. The van der Waals surface area contributed by atoms with Crippen molar-refractivity contribution in [3.63, 3.8) is 0 Å². The minimum atomic E-state index is -0.297. The van der Waals surface area contributed by atoms with Crippen LogP contribution in [-0.4, -0.2) is 45.3 Å². The van der Waals surface area contributed by atoms with Crippen LogP contribution in [0.2, 0.25) is 0 Å². The summed E-state index contributed by atoms with van der Waals surface area (Å²) in [6.45, 7) is 0.874. The van der Waals surface area contributed by atoms with E-state index in [2.05, 4.69) is 0 Å². The normalized spacial score (nSPS) is 14.8. The highest BCUT2D eigenvalue weighted by molar-refractivity contribution is 5.99. The number of fused-ring (bicyclic) bond motifs is 2. The first-order chi connectivity index (χ1) is 17.6. The third-order valence-corrected chi connectivity index (χ3v) is 6.73. The first-order valence-electron chi connectivity index (χ1n) is 11.9. The number of methoxy groups -OCH3 is 3. The van der Waals surface area contributed by atoms with Crippen molar-refractivity contribution in [2.24, 2.45) is 0 Å². The second kappa shape index (κ2) is 10.2. The number of ether oxygens (including phenoxy) is 4. The van der Waals surface area contributed by atoms with E-state index >= 15 is 0 Å². The summed E-state index contributed by atoms with van der Waals surface area (Å²) < 4.78 is 22.6. The second-order valence-corrected chi connectivity index (χ2v) is 8.72. The van der Waals surface area contributed by atoms with Gasteiger partial charge in [0, 0.05) is 12.1 Å². The molecule has 0 bridgehead atoms. The molecule has 36 heavy (non-hydrogen) atoms. The predicted octanol–water partition coefficient (Wildman–Crippen LogP) is 5.68. The molecule has 4 aromatic rings. The monoisotopic (exact) mass is 483 g/mol. The zero-order chi connectivity index (χ0) is 25.1. The molecule has 5 rings (SSSR count). The third kappa shape index (κ3) is 4.54.